The van der Waals surface area contributed by atoms with Crippen molar-refractivity contribution in [3.63, 3.8) is 0 Å². The van der Waals surface area contributed by atoms with Crippen LogP contribution in [0.1, 0.15) is 58.2 Å². The first-order valence-electron chi connectivity index (χ1n) is 13.5. The summed E-state index contributed by atoms with van der Waals surface area (Å²) in [5, 5.41) is 5.07. The van der Waals surface area contributed by atoms with Gasteiger partial charge in [-0.25, -0.2) is 13.4 Å². The normalized spacial score (nSPS) is 20.2. The zero-order chi connectivity index (χ0) is 27.1. The van der Waals surface area contributed by atoms with Crippen LogP contribution in [0.2, 0.25) is 0 Å². The number of carbonyl (C=O) groups is 1. The second-order valence-electron chi connectivity index (χ2n) is 10.5. The average molecular weight is 555 g/mol. The van der Waals surface area contributed by atoms with Gasteiger partial charge < -0.3 is 19.3 Å². The molecule has 6 rings (SSSR count). The summed E-state index contributed by atoms with van der Waals surface area (Å²) in [6.45, 7) is 6.46. The van der Waals surface area contributed by atoms with E-state index in [9.17, 15) is 13.2 Å². The van der Waals surface area contributed by atoms with Gasteiger partial charge in [-0.15, -0.1) is 0 Å². The van der Waals surface area contributed by atoms with Crippen molar-refractivity contribution in [3.05, 3.63) is 52.3 Å². The average Bonchev–Trinajstić information content (AvgIpc) is 3.35. The van der Waals surface area contributed by atoms with Gasteiger partial charge in [0.15, 0.2) is 5.65 Å². The Morgan fingerprint density at radius 1 is 1.08 bits per heavy atom. The summed E-state index contributed by atoms with van der Waals surface area (Å²) in [4.78, 5) is 23.1. The van der Waals surface area contributed by atoms with Gasteiger partial charge in [-0.05, 0) is 38.3 Å². The number of morpholine rings is 1. The van der Waals surface area contributed by atoms with E-state index in [1.807, 2.05) is 22.4 Å². The molecule has 0 aliphatic carbocycles. The molecular weight excluding hydrogens is 520 g/mol. The summed E-state index contributed by atoms with van der Waals surface area (Å²) < 4.78 is 39.8. The van der Waals surface area contributed by atoms with Crippen molar-refractivity contribution in [2.24, 2.45) is 0 Å². The van der Waals surface area contributed by atoms with Crippen LogP contribution >= 0.6 is 0 Å². The first kappa shape index (κ1) is 26.0. The maximum atomic E-state index is 14.0. The molecule has 39 heavy (non-hydrogen) atoms. The van der Waals surface area contributed by atoms with Gasteiger partial charge in [0.25, 0.3) is 5.91 Å². The Morgan fingerprint density at radius 3 is 2.69 bits per heavy atom. The number of aryl methyl sites for hydroxylation is 1. The lowest BCUT2D eigenvalue weighted by Gasteiger charge is -2.35. The van der Waals surface area contributed by atoms with Crippen LogP contribution in [-0.2, 0) is 32.5 Å². The van der Waals surface area contributed by atoms with E-state index in [-0.39, 0.29) is 17.6 Å². The monoisotopic (exact) mass is 554 g/mol. The number of piperidine rings is 1. The van der Waals surface area contributed by atoms with Crippen LogP contribution in [0.4, 0.5) is 11.5 Å². The number of hydrogen-bond acceptors (Lipinski definition) is 8. The van der Waals surface area contributed by atoms with E-state index in [0.717, 1.165) is 79.0 Å². The molecule has 1 N–H and O–H groups in total. The molecule has 1 amide bonds. The number of carbonyl (C=O) groups excluding carboxylic acids is 1. The molecule has 0 spiro atoms. The number of anilines is 2. The second kappa shape index (κ2) is 10.4. The Bertz CT molecular complexity index is 1510. The molecule has 2 aromatic heterocycles. The lowest BCUT2D eigenvalue weighted by molar-refractivity contribution is 0.0606. The fourth-order valence-electron chi connectivity index (χ4n) is 5.83. The van der Waals surface area contributed by atoms with E-state index in [1.165, 1.54) is 0 Å². The Balaban J connectivity index is 1.41. The van der Waals surface area contributed by atoms with E-state index >= 15 is 0 Å². The van der Waals surface area contributed by atoms with Crippen molar-refractivity contribution < 1.29 is 22.7 Å². The number of aromatic nitrogens is 3. The first-order chi connectivity index (χ1) is 18.8. The molecule has 208 valence electrons. The first-order valence-corrected chi connectivity index (χ1v) is 15.4. The Morgan fingerprint density at radius 2 is 1.90 bits per heavy atom. The molecule has 11 nitrogen and oxygen atoms in total. The molecule has 1 atom stereocenters. The minimum atomic E-state index is -3.55. The number of rotatable bonds is 5. The molecule has 0 radical (unpaired) electrons. The van der Waals surface area contributed by atoms with Crippen LogP contribution in [0.3, 0.4) is 0 Å². The molecule has 0 bridgehead atoms. The van der Waals surface area contributed by atoms with Crippen molar-refractivity contribution in [2.45, 2.75) is 45.3 Å². The highest BCUT2D eigenvalue weighted by Crippen LogP contribution is 2.35. The third kappa shape index (κ3) is 5.20. The molecule has 2 fully saturated rings. The lowest BCUT2D eigenvalue weighted by Crippen LogP contribution is -2.39. The van der Waals surface area contributed by atoms with Crippen LogP contribution < -0.4 is 9.62 Å². The summed E-state index contributed by atoms with van der Waals surface area (Å²) in [6.07, 6.45) is 4.48. The van der Waals surface area contributed by atoms with E-state index < -0.39 is 10.0 Å². The van der Waals surface area contributed by atoms with Gasteiger partial charge in [0.05, 0.1) is 61.4 Å². The number of fused-ring (bicyclic) bond motifs is 2. The maximum Gasteiger partial charge on any atom is 0.256 e. The highest BCUT2D eigenvalue weighted by Gasteiger charge is 2.33. The van der Waals surface area contributed by atoms with E-state index in [1.54, 1.807) is 18.2 Å². The number of nitrogens with one attached hydrogen (secondary N) is 1. The van der Waals surface area contributed by atoms with Crippen LogP contribution in [0, 0.1) is 6.92 Å². The van der Waals surface area contributed by atoms with Crippen molar-refractivity contribution in [1.29, 1.82) is 0 Å². The SMILES string of the molecule is Cc1ccc(NS(C)(=O)=O)c(C(=O)N2CCCCC2c2cc3nc4c(c(N5CCOCC5)n3n2)CCOC4)c1. The fraction of sp³-hybridized carbons (Fsp3) is 0.519. The number of likely N-dealkylation sites (tertiary alicyclic amines) is 1. The molecule has 3 aliphatic rings. The van der Waals surface area contributed by atoms with Crippen LogP contribution in [0.5, 0.6) is 0 Å². The maximum absolute atomic E-state index is 14.0. The van der Waals surface area contributed by atoms with Gasteiger partial charge in [0.1, 0.15) is 5.82 Å². The van der Waals surface area contributed by atoms with Crippen molar-refractivity contribution in [3.8, 4) is 0 Å². The molecule has 5 heterocycles. The molecule has 1 aromatic carbocycles. The summed E-state index contributed by atoms with van der Waals surface area (Å²) in [7, 11) is -3.55. The highest BCUT2D eigenvalue weighted by molar-refractivity contribution is 7.92. The van der Waals surface area contributed by atoms with Gasteiger partial charge >= 0.3 is 0 Å². The molecule has 12 heteroatoms. The number of hydrogen-bond donors (Lipinski definition) is 1. The molecule has 2 saturated heterocycles. The predicted molar refractivity (Wildman–Crippen MR) is 147 cm³/mol. The smallest absolute Gasteiger partial charge is 0.256 e. The minimum Gasteiger partial charge on any atom is -0.378 e. The number of nitrogens with zero attached hydrogens (tertiary/aromatic N) is 5. The van der Waals surface area contributed by atoms with Crippen LogP contribution in [-0.4, -0.2) is 79.5 Å². The second-order valence-corrected chi connectivity index (χ2v) is 12.3. The standard InChI is InChI=1S/C27H34N6O5S/c1-18-6-7-21(30-39(2,35)36)20(15-18)27(34)32-9-4-3-5-24(32)22-16-25-28-23-17-38-12-8-19(23)26(33(25)29-22)31-10-13-37-14-11-31/h6-7,15-16,24,30H,3-5,8-14,17H2,1-2H3. The van der Waals surface area contributed by atoms with Crippen LogP contribution in [0.15, 0.2) is 24.3 Å². The van der Waals surface area contributed by atoms with E-state index in [4.69, 9.17) is 19.6 Å². The summed E-state index contributed by atoms with van der Waals surface area (Å²) in [5.74, 6) is 0.834. The highest BCUT2D eigenvalue weighted by atomic mass is 32.2. The number of benzene rings is 1. The predicted octanol–water partition coefficient (Wildman–Crippen LogP) is 2.69. The zero-order valence-corrected chi connectivity index (χ0v) is 23.2. The van der Waals surface area contributed by atoms with Crippen molar-refractivity contribution in [1.82, 2.24) is 19.5 Å². The largest absolute Gasteiger partial charge is 0.378 e. The van der Waals surface area contributed by atoms with E-state index in [2.05, 4.69) is 9.62 Å². The summed E-state index contributed by atoms with van der Waals surface area (Å²) >= 11 is 0. The number of amides is 1. The summed E-state index contributed by atoms with van der Waals surface area (Å²) in [6, 6.07) is 6.94. The van der Waals surface area contributed by atoms with Gasteiger partial charge in [-0.1, -0.05) is 11.6 Å². The lowest BCUT2D eigenvalue weighted by atomic mass is 9.97. The fourth-order valence-corrected chi connectivity index (χ4v) is 6.41. The Hall–Kier alpha value is -3.22. The van der Waals surface area contributed by atoms with Gasteiger partial charge in [0.2, 0.25) is 10.0 Å². The number of ether oxygens (including phenoxy) is 2. The number of sulfonamides is 1. The molecular formula is C27H34N6O5S. The molecule has 3 aliphatic heterocycles. The molecule has 1 unspecified atom stereocenters. The molecule has 3 aromatic rings. The van der Waals surface area contributed by atoms with Gasteiger partial charge in [0, 0.05) is 37.7 Å². The Labute approximate surface area is 228 Å². The van der Waals surface area contributed by atoms with Crippen molar-refractivity contribution >= 4 is 33.1 Å². The van der Waals surface area contributed by atoms with E-state index in [0.29, 0.717) is 38.5 Å². The minimum absolute atomic E-state index is 0.208. The Kier molecular flexibility index (Phi) is 6.94. The third-order valence-corrected chi connectivity index (χ3v) is 8.22. The van der Waals surface area contributed by atoms with Gasteiger partial charge in [-0.3, -0.25) is 9.52 Å². The summed E-state index contributed by atoms with van der Waals surface area (Å²) in [5.41, 5.74) is 5.15. The van der Waals surface area contributed by atoms with Crippen LogP contribution in [0.25, 0.3) is 5.65 Å². The topological polar surface area (TPSA) is 118 Å². The quantitative estimate of drug-likeness (QED) is 0.512. The van der Waals surface area contributed by atoms with Crippen molar-refractivity contribution in [2.75, 3.05) is 55.3 Å². The zero-order valence-electron chi connectivity index (χ0n) is 22.4. The van der Waals surface area contributed by atoms with Gasteiger partial charge in [-0.2, -0.15) is 9.61 Å². The molecule has 0 saturated carbocycles. The third-order valence-electron chi connectivity index (χ3n) is 7.63.